The molecule has 0 bridgehead atoms. The normalized spacial score (nSPS) is 27.1. The van der Waals surface area contributed by atoms with E-state index in [1.54, 1.807) is 0 Å². The highest BCUT2D eigenvalue weighted by molar-refractivity contribution is 6.08. The third kappa shape index (κ3) is 1.73. The molecule has 1 aromatic rings. The minimum atomic E-state index is -0.149. The van der Waals surface area contributed by atoms with Crippen molar-refractivity contribution in [3.8, 4) is 0 Å². The molecule has 1 unspecified atom stereocenters. The van der Waals surface area contributed by atoms with Gasteiger partial charge >= 0.3 is 0 Å². The Balaban J connectivity index is 1.53. The van der Waals surface area contributed by atoms with Crippen molar-refractivity contribution in [2.24, 2.45) is 5.41 Å². The van der Waals surface area contributed by atoms with Crippen LogP contribution in [-0.4, -0.2) is 43.1 Å². The van der Waals surface area contributed by atoms with E-state index >= 15 is 0 Å². The van der Waals surface area contributed by atoms with Gasteiger partial charge in [-0.2, -0.15) is 0 Å². The van der Waals surface area contributed by atoms with Crippen LogP contribution in [0, 0.1) is 5.41 Å². The number of rotatable bonds is 1. The molecule has 3 aliphatic rings. The zero-order chi connectivity index (χ0) is 13.7. The van der Waals surface area contributed by atoms with Crippen LogP contribution >= 0.6 is 0 Å². The van der Waals surface area contributed by atoms with Gasteiger partial charge in [0.1, 0.15) is 5.69 Å². The predicted molar refractivity (Wildman–Crippen MR) is 76.4 cm³/mol. The summed E-state index contributed by atoms with van der Waals surface area (Å²) >= 11 is 0. The Morgan fingerprint density at radius 2 is 2.15 bits per heavy atom. The van der Waals surface area contributed by atoms with Gasteiger partial charge in [0, 0.05) is 18.5 Å². The second-order valence-electron chi connectivity index (χ2n) is 6.30. The van der Waals surface area contributed by atoms with Gasteiger partial charge in [0.25, 0.3) is 0 Å². The third-order valence-electron chi connectivity index (χ3n) is 4.88. The lowest BCUT2D eigenvalue weighted by atomic mass is 9.77. The van der Waals surface area contributed by atoms with Crippen molar-refractivity contribution < 1.29 is 9.53 Å². The van der Waals surface area contributed by atoms with Crippen LogP contribution in [0.2, 0.25) is 0 Å². The molecule has 5 nitrogen and oxygen atoms in total. The van der Waals surface area contributed by atoms with Crippen molar-refractivity contribution in [1.29, 1.82) is 0 Å². The maximum absolute atomic E-state index is 11.9. The summed E-state index contributed by atoms with van der Waals surface area (Å²) in [4.78, 5) is 18.6. The summed E-state index contributed by atoms with van der Waals surface area (Å²) in [5.74, 6) is 0.0933. The highest BCUT2D eigenvalue weighted by Crippen LogP contribution is 2.40. The van der Waals surface area contributed by atoms with Gasteiger partial charge in [0.2, 0.25) is 5.78 Å². The fourth-order valence-corrected chi connectivity index (χ4v) is 3.36. The molecule has 20 heavy (non-hydrogen) atoms. The van der Waals surface area contributed by atoms with E-state index in [2.05, 4.69) is 21.3 Å². The minimum absolute atomic E-state index is 0.0933. The Morgan fingerprint density at radius 3 is 2.80 bits per heavy atom. The van der Waals surface area contributed by atoms with Gasteiger partial charge in [-0.25, -0.2) is 4.98 Å². The molecule has 1 N–H and O–H groups in total. The Hall–Kier alpha value is -1.62. The molecule has 0 aromatic carbocycles. The van der Waals surface area contributed by atoms with E-state index in [1.807, 2.05) is 13.1 Å². The zero-order valence-corrected chi connectivity index (χ0v) is 11.7. The van der Waals surface area contributed by atoms with Crippen LogP contribution in [-0.2, 0) is 4.74 Å². The average Bonchev–Trinajstić information content (AvgIpc) is 2.72. The van der Waals surface area contributed by atoms with E-state index in [9.17, 15) is 4.79 Å². The minimum Gasteiger partial charge on any atom is -0.380 e. The number of Topliss-reactive ketones (excluding diaryl/α,β-unsaturated/α-hetero) is 1. The first-order valence-electron chi connectivity index (χ1n) is 7.30. The Morgan fingerprint density at radius 1 is 1.40 bits per heavy atom. The topological polar surface area (TPSA) is 54.5 Å². The largest absolute Gasteiger partial charge is 0.380 e. The Bertz CT molecular complexity index is 558. The van der Waals surface area contributed by atoms with Crippen LogP contribution in [0.1, 0.15) is 30.3 Å². The number of hydrogen-bond acceptors (Lipinski definition) is 5. The number of pyridine rings is 1. The first-order chi connectivity index (χ1) is 9.67. The smallest absolute Gasteiger partial charge is 0.205 e. The summed E-state index contributed by atoms with van der Waals surface area (Å²) in [7, 11) is 0. The van der Waals surface area contributed by atoms with Gasteiger partial charge < -0.3 is 15.0 Å². The van der Waals surface area contributed by atoms with E-state index in [4.69, 9.17) is 4.74 Å². The molecule has 0 aliphatic carbocycles. The first kappa shape index (κ1) is 12.1. The number of ether oxygens (including phenoxy) is 1. The fourth-order valence-electron chi connectivity index (χ4n) is 3.36. The number of anilines is 2. The quantitative estimate of drug-likeness (QED) is 0.844. The number of nitrogens with one attached hydrogen (secondary N) is 1. The molecular formula is C15H19N3O2. The summed E-state index contributed by atoms with van der Waals surface area (Å²) in [5, 5.41) is 3.21. The van der Waals surface area contributed by atoms with E-state index in [1.165, 1.54) is 12.8 Å². The summed E-state index contributed by atoms with van der Waals surface area (Å²) in [6.45, 7) is 5.83. The summed E-state index contributed by atoms with van der Waals surface area (Å²) in [5.41, 5.74) is 3.03. The SMILES string of the molecule is CC1Nc2cc(N3CCC4(CC3)COC4)cnc2C1=O. The monoisotopic (exact) mass is 273 g/mol. The summed E-state index contributed by atoms with van der Waals surface area (Å²) < 4.78 is 5.36. The molecule has 0 amide bonds. The van der Waals surface area contributed by atoms with Gasteiger partial charge in [-0.1, -0.05) is 0 Å². The first-order valence-corrected chi connectivity index (χ1v) is 7.30. The van der Waals surface area contributed by atoms with Crippen LogP contribution < -0.4 is 10.2 Å². The predicted octanol–water partition coefficient (Wildman–Crippen LogP) is 1.70. The number of fused-ring (bicyclic) bond motifs is 1. The molecule has 0 saturated carbocycles. The molecular weight excluding hydrogens is 254 g/mol. The summed E-state index contributed by atoms with van der Waals surface area (Å²) in [6.07, 6.45) is 4.21. The summed E-state index contributed by atoms with van der Waals surface area (Å²) in [6, 6.07) is 1.92. The van der Waals surface area contributed by atoms with Gasteiger partial charge in [-0.05, 0) is 25.8 Å². The number of carbonyl (C=O) groups is 1. The number of piperidine rings is 1. The van der Waals surface area contributed by atoms with E-state index in [0.717, 1.165) is 37.7 Å². The van der Waals surface area contributed by atoms with Crippen molar-refractivity contribution in [2.75, 3.05) is 36.5 Å². The Kier molecular flexibility index (Phi) is 2.54. The molecule has 2 saturated heterocycles. The highest BCUT2D eigenvalue weighted by Gasteiger charge is 2.41. The maximum atomic E-state index is 11.9. The van der Waals surface area contributed by atoms with Crippen LogP contribution in [0.3, 0.4) is 0 Å². The Labute approximate surface area is 118 Å². The molecule has 3 aliphatic heterocycles. The van der Waals surface area contributed by atoms with Crippen molar-refractivity contribution in [2.45, 2.75) is 25.8 Å². The number of aromatic nitrogens is 1. The molecule has 4 heterocycles. The zero-order valence-electron chi connectivity index (χ0n) is 11.7. The molecule has 1 aromatic heterocycles. The van der Waals surface area contributed by atoms with E-state index in [0.29, 0.717) is 11.1 Å². The molecule has 0 radical (unpaired) electrons. The fraction of sp³-hybridized carbons (Fsp3) is 0.600. The maximum Gasteiger partial charge on any atom is 0.205 e. The lowest BCUT2D eigenvalue weighted by Crippen LogP contribution is -2.50. The van der Waals surface area contributed by atoms with Gasteiger partial charge in [0.15, 0.2) is 0 Å². The average molecular weight is 273 g/mol. The number of hydrogen-bond donors (Lipinski definition) is 1. The van der Waals surface area contributed by atoms with Crippen molar-refractivity contribution in [3.05, 3.63) is 18.0 Å². The molecule has 1 spiro atoms. The lowest BCUT2D eigenvalue weighted by molar-refractivity contribution is -0.124. The van der Waals surface area contributed by atoms with Crippen LogP contribution in [0.4, 0.5) is 11.4 Å². The van der Waals surface area contributed by atoms with Gasteiger partial charge in [-0.15, -0.1) is 0 Å². The van der Waals surface area contributed by atoms with Crippen LogP contribution in [0.15, 0.2) is 12.3 Å². The molecule has 106 valence electrons. The van der Waals surface area contributed by atoms with E-state index in [-0.39, 0.29) is 11.8 Å². The second-order valence-corrected chi connectivity index (χ2v) is 6.30. The van der Waals surface area contributed by atoms with Gasteiger partial charge in [-0.3, -0.25) is 4.79 Å². The van der Waals surface area contributed by atoms with Crippen molar-refractivity contribution in [3.63, 3.8) is 0 Å². The van der Waals surface area contributed by atoms with E-state index < -0.39 is 0 Å². The van der Waals surface area contributed by atoms with Crippen LogP contribution in [0.5, 0.6) is 0 Å². The van der Waals surface area contributed by atoms with Crippen molar-refractivity contribution in [1.82, 2.24) is 4.98 Å². The van der Waals surface area contributed by atoms with Gasteiger partial charge in [0.05, 0.1) is 36.8 Å². The number of nitrogens with zero attached hydrogens (tertiary/aromatic N) is 2. The standard InChI is InChI=1S/C15H19N3O2/c1-10-14(19)13-12(17-10)6-11(7-16-13)18-4-2-15(3-5-18)8-20-9-15/h6-7,10,17H,2-5,8-9H2,1H3. The van der Waals surface area contributed by atoms with Crippen molar-refractivity contribution >= 4 is 17.2 Å². The second kappa shape index (κ2) is 4.19. The lowest BCUT2D eigenvalue weighted by Gasteiger charge is -2.47. The molecule has 1 atom stereocenters. The van der Waals surface area contributed by atoms with Crippen LogP contribution in [0.25, 0.3) is 0 Å². The number of carbonyl (C=O) groups excluding carboxylic acids is 1. The number of ketones is 1. The molecule has 5 heteroatoms. The highest BCUT2D eigenvalue weighted by atomic mass is 16.5. The third-order valence-corrected chi connectivity index (χ3v) is 4.88. The molecule has 4 rings (SSSR count). The molecule has 2 fully saturated rings.